The van der Waals surface area contributed by atoms with Crippen LogP contribution in [0.25, 0.3) is 0 Å². The number of nitrogens with one attached hydrogen (secondary N) is 1. The molecule has 0 aromatic heterocycles. The number of nitro groups is 1. The lowest BCUT2D eigenvalue weighted by Crippen LogP contribution is -2.32. The van der Waals surface area contributed by atoms with Crippen molar-refractivity contribution in [1.29, 1.82) is 0 Å². The third-order valence-corrected chi connectivity index (χ3v) is 2.86. The van der Waals surface area contributed by atoms with Crippen molar-refractivity contribution in [2.45, 2.75) is 25.8 Å². The average Bonchev–Trinajstić information content (AvgIpc) is 2.15. The lowest BCUT2D eigenvalue weighted by molar-refractivity contribution is -0.384. The maximum atomic E-state index is 10.9. The van der Waals surface area contributed by atoms with Crippen molar-refractivity contribution in [3.63, 3.8) is 0 Å². The summed E-state index contributed by atoms with van der Waals surface area (Å²) in [5.41, 5.74) is 0.0716. The number of rotatable bonds is 5. The molecular formula is C11H15BrN2O3. The predicted molar refractivity (Wildman–Crippen MR) is 70.2 cm³/mol. The van der Waals surface area contributed by atoms with Gasteiger partial charge >= 0.3 is 0 Å². The molecule has 0 radical (unpaired) electrons. The Hall–Kier alpha value is -1.14. The molecule has 0 unspecified atom stereocenters. The lowest BCUT2D eigenvalue weighted by atomic mass is 10.0. The third kappa shape index (κ3) is 3.98. The van der Waals surface area contributed by atoms with E-state index in [0.717, 1.165) is 4.47 Å². The third-order valence-electron chi connectivity index (χ3n) is 2.37. The van der Waals surface area contributed by atoms with E-state index in [0.29, 0.717) is 12.1 Å². The van der Waals surface area contributed by atoms with E-state index >= 15 is 0 Å². The largest absolute Gasteiger partial charge is 0.396 e. The van der Waals surface area contributed by atoms with Gasteiger partial charge in [0.05, 0.1) is 4.92 Å². The molecule has 0 aliphatic rings. The minimum absolute atomic E-state index is 0.0271. The van der Waals surface area contributed by atoms with Crippen LogP contribution in [0.15, 0.2) is 22.7 Å². The average molecular weight is 303 g/mol. The summed E-state index contributed by atoms with van der Waals surface area (Å²) in [7, 11) is 0. The summed E-state index contributed by atoms with van der Waals surface area (Å²) in [6, 6.07) is 4.74. The van der Waals surface area contributed by atoms with Crippen LogP contribution in [0.4, 0.5) is 11.4 Å². The highest BCUT2D eigenvalue weighted by molar-refractivity contribution is 9.10. The van der Waals surface area contributed by atoms with Crippen molar-refractivity contribution in [3.8, 4) is 0 Å². The van der Waals surface area contributed by atoms with Crippen LogP contribution >= 0.6 is 15.9 Å². The van der Waals surface area contributed by atoms with E-state index in [9.17, 15) is 10.1 Å². The monoisotopic (exact) mass is 302 g/mol. The van der Waals surface area contributed by atoms with E-state index in [1.165, 1.54) is 6.07 Å². The highest BCUT2D eigenvalue weighted by atomic mass is 79.9. The van der Waals surface area contributed by atoms with Gasteiger partial charge in [0.2, 0.25) is 0 Å². The summed E-state index contributed by atoms with van der Waals surface area (Å²) in [6.45, 7) is 3.80. The van der Waals surface area contributed by atoms with Crippen LogP contribution in [-0.4, -0.2) is 22.2 Å². The second-order valence-corrected chi connectivity index (χ2v) is 5.32. The van der Waals surface area contributed by atoms with Gasteiger partial charge in [-0.15, -0.1) is 0 Å². The fraction of sp³-hybridized carbons (Fsp3) is 0.455. The molecule has 0 amide bonds. The van der Waals surface area contributed by atoms with Crippen LogP contribution in [0.2, 0.25) is 0 Å². The Morgan fingerprint density at radius 3 is 2.71 bits per heavy atom. The van der Waals surface area contributed by atoms with E-state index in [1.807, 2.05) is 13.8 Å². The number of benzene rings is 1. The summed E-state index contributed by atoms with van der Waals surface area (Å²) in [5.74, 6) is 0. The van der Waals surface area contributed by atoms with Crippen LogP contribution in [0.3, 0.4) is 0 Å². The fourth-order valence-electron chi connectivity index (χ4n) is 1.47. The first-order valence-corrected chi connectivity index (χ1v) is 5.98. The Bertz CT molecular complexity index is 421. The number of anilines is 1. The summed E-state index contributed by atoms with van der Waals surface area (Å²) >= 11 is 3.28. The maximum absolute atomic E-state index is 10.9. The molecule has 5 nitrogen and oxygen atoms in total. The molecule has 0 saturated carbocycles. The van der Waals surface area contributed by atoms with E-state index in [4.69, 9.17) is 5.11 Å². The van der Waals surface area contributed by atoms with Crippen molar-refractivity contribution >= 4 is 27.3 Å². The number of hydrogen-bond acceptors (Lipinski definition) is 4. The molecule has 0 atom stereocenters. The first kappa shape index (κ1) is 13.9. The fourth-order valence-corrected chi connectivity index (χ4v) is 1.84. The molecule has 0 heterocycles. The van der Waals surface area contributed by atoms with Gasteiger partial charge in [0.15, 0.2) is 0 Å². The van der Waals surface area contributed by atoms with Gasteiger partial charge in [0.1, 0.15) is 5.69 Å². The Labute approximate surface area is 108 Å². The first-order chi connectivity index (χ1) is 7.85. The van der Waals surface area contributed by atoms with Crippen LogP contribution in [0, 0.1) is 10.1 Å². The SMILES string of the molecule is CC(C)(CCO)Nc1cc(Br)ccc1[N+](=O)[O-]. The van der Waals surface area contributed by atoms with Gasteiger partial charge in [0.25, 0.3) is 5.69 Å². The second-order valence-electron chi connectivity index (χ2n) is 4.40. The minimum atomic E-state index is -0.427. The molecule has 1 rings (SSSR count). The van der Waals surface area contributed by atoms with Gasteiger partial charge < -0.3 is 10.4 Å². The summed E-state index contributed by atoms with van der Waals surface area (Å²) in [6.07, 6.45) is 0.511. The van der Waals surface area contributed by atoms with Gasteiger partial charge in [0, 0.05) is 22.7 Å². The Morgan fingerprint density at radius 1 is 1.53 bits per heavy atom. The van der Waals surface area contributed by atoms with Crippen LogP contribution in [-0.2, 0) is 0 Å². The zero-order valence-electron chi connectivity index (χ0n) is 9.74. The van der Waals surface area contributed by atoms with Gasteiger partial charge in [-0.1, -0.05) is 15.9 Å². The highest BCUT2D eigenvalue weighted by Gasteiger charge is 2.22. The molecule has 1 aromatic rings. The number of aliphatic hydroxyl groups excluding tert-OH is 1. The standard InChI is InChI=1S/C11H15BrN2O3/c1-11(2,5-6-15)13-9-7-8(12)3-4-10(9)14(16)17/h3-4,7,13,15H,5-6H2,1-2H3. The van der Waals surface area contributed by atoms with E-state index in [-0.39, 0.29) is 12.3 Å². The van der Waals surface area contributed by atoms with Gasteiger partial charge in [-0.25, -0.2) is 0 Å². The minimum Gasteiger partial charge on any atom is -0.396 e. The molecule has 17 heavy (non-hydrogen) atoms. The first-order valence-electron chi connectivity index (χ1n) is 5.19. The number of hydrogen-bond donors (Lipinski definition) is 2. The molecule has 0 bridgehead atoms. The quantitative estimate of drug-likeness (QED) is 0.648. The molecule has 1 aromatic carbocycles. The molecule has 0 saturated heterocycles. The predicted octanol–water partition coefficient (Wildman–Crippen LogP) is 2.93. The Kier molecular flexibility index (Phi) is 4.47. The molecule has 0 spiro atoms. The van der Waals surface area contributed by atoms with Crippen molar-refractivity contribution in [3.05, 3.63) is 32.8 Å². The number of nitro benzene ring substituents is 1. The Morgan fingerprint density at radius 2 is 2.18 bits per heavy atom. The van der Waals surface area contributed by atoms with E-state index in [1.54, 1.807) is 12.1 Å². The van der Waals surface area contributed by atoms with Crippen LogP contribution in [0.1, 0.15) is 20.3 Å². The van der Waals surface area contributed by atoms with Crippen LogP contribution in [0.5, 0.6) is 0 Å². The van der Waals surface area contributed by atoms with Crippen molar-refractivity contribution in [1.82, 2.24) is 0 Å². The highest BCUT2D eigenvalue weighted by Crippen LogP contribution is 2.30. The van der Waals surface area contributed by atoms with Gasteiger partial charge in [-0.2, -0.15) is 0 Å². The number of aliphatic hydroxyl groups is 1. The number of halogens is 1. The lowest BCUT2D eigenvalue weighted by Gasteiger charge is -2.26. The van der Waals surface area contributed by atoms with Crippen molar-refractivity contribution in [2.24, 2.45) is 0 Å². The normalized spacial score (nSPS) is 11.3. The van der Waals surface area contributed by atoms with Crippen LogP contribution < -0.4 is 5.32 Å². The maximum Gasteiger partial charge on any atom is 0.292 e. The smallest absolute Gasteiger partial charge is 0.292 e. The molecule has 6 heteroatoms. The van der Waals surface area contributed by atoms with Gasteiger partial charge in [-0.05, 0) is 32.4 Å². The van der Waals surface area contributed by atoms with Crippen molar-refractivity contribution in [2.75, 3.05) is 11.9 Å². The zero-order valence-corrected chi connectivity index (χ0v) is 11.3. The second kappa shape index (κ2) is 5.46. The number of nitrogens with zero attached hydrogens (tertiary/aromatic N) is 1. The molecular weight excluding hydrogens is 288 g/mol. The molecule has 94 valence electrons. The van der Waals surface area contributed by atoms with Gasteiger partial charge in [-0.3, -0.25) is 10.1 Å². The summed E-state index contributed by atoms with van der Waals surface area (Å²) in [5, 5.41) is 22.9. The van der Waals surface area contributed by atoms with Crippen molar-refractivity contribution < 1.29 is 10.0 Å². The Balaban J connectivity index is 3.04. The van der Waals surface area contributed by atoms with E-state index < -0.39 is 10.5 Å². The molecule has 2 N–H and O–H groups in total. The summed E-state index contributed by atoms with van der Waals surface area (Å²) in [4.78, 5) is 10.5. The molecule has 0 aliphatic carbocycles. The van der Waals surface area contributed by atoms with E-state index in [2.05, 4.69) is 21.2 Å². The molecule has 0 fully saturated rings. The topological polar surface area (TPSA) is 75.4 Å². The zero-order chi connectivity index (χ0) is 13.1. The molecule has 0 aliphatic heterocycles. The summed E-state index contributed by atoms with van der Waals surface area (Å²) < 4.78 is 0.769.